The number of rotatable bonds is 0. The van der Waals surface area contributed by atoms with Gasteiger partial charge in [0.2, 0.25) is 0 Å². The molecule has 11 aromatic rings. The van der Waals surface area contributed by atoms with E-state index in [2.05, 4.69) is 109 Å². The SMILES string of the molecule is O=c1c2ccccc2c2c3c(c4cc5c(cc4n13)C1(c3ccccc3-c3ccccc31)c1cc3c(cc1-5)c1cccc4c5ccccc5c(=O)n3c41)CCC=2. The van der Waals surface area contributed by atoms with E-state index in [1.165, 1.54) is 55.3 Å². The molecule has 0 saturated heterocycles. The van der Waals surface area contributed by atoms with Gasteiger partial charge in [0.1, 0.15) is 0 Å². The second-order valence-electron chi connectivity index (χ2n) is 15.7. The molecule has 55 heavy (non-hydrogen) atoms. The van der Waals surface area contributed by atoms with Crippen LogP contribution in [0.1, 0.15) is 34.2 Å². The Kier molecular flexibility index (Phi) is 4.84. The molecule has 4 aromatic heterocycles. The summed E-state index contributed by atoms with van der Waals surface area (Å²) in [6.45, 7) is 0. The minimum atomic E-state index is -0.658. The molecule has 4 nitrogen and oxygen atoms in total. The van der Waals surface area contributed by atoms with E-state index in [4.69, 9.17) is 0 Å². The van der Waals surface area contributed by atoms with Crippen molar-refractivity contribution in [3.05, 3.63) is 193 Å². The quantitative estimate of drug-likeness (QED) is 0.148. The Labute approximate surface area is 312 Å². The average Bonchev–Trinajstić information content (AvgIpc) is 3.93. The van der Waals surface area contributed by atoms with Gasteiger partial charge >= 0.3 is 0 Å². The van der Waals surface area contributed by atoms with Crippen LogP contribution in [0.4, 0.5) is 0 Å². The van der Waals surface area contributed by atoms with Gasteiger partial charge < -0.3 is 0 Å². The van der Waals surface area contributed by atoms with Crippen LogP contribution >= 0.6 is 0 Å². The van der Waals surface area contributed by atoms with E-state index in [0.29, 0.717) is 0 Å². The summed E-state index contributed by atoms with van der Waals surface area (Å²) in [7, 11) is 0. The molecular formula is C51H28N2O2. The smallest absolute Gasteiger partial charge is 0.263 e. The summed E-state index contributed by atoms with van der Waals surface area (Å²) < 4.78 is 3.99. The third kappa shape index (κ3) is 3.03. The van der Waals surface area contributed by atoms with E-state index in [0.717, 1.165) is 78.0 Å². The van der Waals surface area contributed by atoms with Crippen molar-refractivity contribution in [3.63, 3.8) is 0 Å². The summed E-state index contributed by atoms with van der Waals surface area (Å²) in [5.41, 5.74) is 14.2. The number of hydrogen-bond donors (Lipinski definition) is 0. The molecule has 254 valence electrons. The van der Waals surface area contributed by atoms with E-state index >= 15 is 0 Å². The third-order valence-electron chi connectivity index (χ3n) is 13.5. The molecule has 0 N–H and O–H groups in total. The van der Waals surface area contributed by atoms with Crippen molar-refractivity contribution in [2.75, 3.05) is 0 Å². The van der Waals surface area contributed by atoms with E-state index in [-0.39, 0.29) is 11.1 Å². The highest BCUT2D eigenvalue weighted by Gasteiger charge is 2.52. The van der Waals surface area contributed by atoms with Crippen molar-refractivity contribution in [1.82, 2.24) is 8.80 Å². The monoisotopic (exact) mass is 700 g/mol. The normalized spacial score (nSPS) is 14.8. The first-order chi connectivity index (χ1) is 27.1. The Morgan fingerprint density at radius 3 is 1.62 bits per heavy atom. The van der Waals surface area contributed by atoms with Crippen LogP contribution in [0.5, 0.6) is 0 Å². The van der Waals surface area contributed by atoms with Crippen molar-refractivity contribution in [3.8, 4) is 22.3 Å². The fraction of sp³-hybridized carbons (Fsp3) is 0.0588. The maximum atomic E-state index is 14.6. The lowest BCUT2D eigenvalue weighted by Gasteiger charge is -2.30. The molecule has 0 atom stereocenters. The average molecular weight is 701 g/mol. The first kappa shape index (κ1) is 28.5. The van der Waals surface area contributed by atoms with E-state index < -0.39 is 5.41 Å². The number of nitrogens with zero attached hydrogens (tertiary/aromatic N) is 2. The largest absolute Gasteiger partial charge is 0.275 e. The first-order valence-corrected chi connectivity index (χ1v) is 19.2. The summed E-state index contributed by atoms with van der Waals surface area (Å²) in [5, 5.41) is 9.06. The predicted molar refractivity (Wildman–Crippen MR) is 224 cm³/mol. The van der Waals surface area contributed by atoms with E-state index in [1.54, 1.807) is 0 Å². The molecule has 0 fully saturated rings. The molecule has 0 saturated carbocycles. The minimum absolute atomic E-state index is 0.00882. The van der Waals surface area contributed by atoms with Gasteiger partial charge in [0.05, 0.1) is 27.5 Å². The lowest BCUT2D eigenvalue weighted by atomic mass is 9.70. The second kappa shape index (κ2) is 9.36. The lowest BCUT2D eigenvalue weighted by molar-refractivity contribution is 0.795. The Balaban J connectivity index is 1.22. The molecular weight excluding hydrogens is 673 g/mol. The molecule has 7 aromatic carbocycles. The maximum absolute atomic E-state index is 14.6. The van der Waals surface area contributed by atoms with Gasteiger partial charge in [-0.15, -0.1) is 0 Å². The molecule has 4 heterocycles. The van der Waals surface area contributed by atoms with Crippen LogP contribution in [-0.4, -0.2) is 8.80 Å². The van der Waals surface area contributed by atoms with Crippen LogP contribution in [0.3, 0.4) is 0 Å². The van der Waals surface area contributed by atoms with Crippen LogP contribution in [0.15, 0.2) is 149 Å². The van der Waals surface area contributed by atoms with Gasteiger partial charge in [-0.25, -0.2) is 0 Å². The Morgan fingerprint density at radius 1 is 0.418 bits per heavy atom. The number of hydrogen-bond acceptors (Lipinski definition) is 2. The number of aromatic nitrogens is 2. The zero-order valence-electron chi connectivity index (χ0n) is 29.5. The highest BCUT2D eigenvalue weighted by atomic mass is 16.1. The first-order valence-electron chi connectivity index (χ1n) is 19.2. The van der Waals surface area contributed by atoms with Crippen LogP contribution in [-0.2, 0) is 11.8 Å². The molecule has 0 amide bonds. The van der Waals surface area contributed by atoms with Gasteiger partial charge in [-0.1, -0.05) is 109 Å². The summed E-state index contributed by atoms with van der Waals surface area (Å²) in [4.78, 5) is 29.2. The minimum Gasteiger partial charge on any atom is -0.275 e. The Bertz CT molecular complexity index is 3780. The molecule has 4 heteroatoms. The standard InChI is InChI=1S/C51H28N2O2/c54-49-35-15-3-1-11-27(35)31-17-9-19-33-39-23-37-38-24-40-34-20-10-18-32-28-12-2-4-16-36(28)50(55)53(48(32)34)46(40)26-44(38)51(43(37)25-45(39)52(49)47(31)33)41-21-7-5-13-29(41)30-14-6-8-22-42(30)51/h1-9,11-19,21-26H,10,20H2. The molecule has 3 aliphatic rings. The number of pyridine rings is 2. The number of benzene rings is 7. The lowest BCUT2D eigenvalue weighted by Crippen LogP contribution is -2.26. The molecule has 14 rings (SSSR count). The fourth-order valence-electron chi connectivity index (χ4n) is 11.5. The maximum Gasteiger partial charge on any atom is 0.263 e. The highest BCUT2D eigenvalue weighted by Crippen LogP contribution is 2.64. The van der Waals surface area contributed by atoms with Crippen molar-refractivity contribution in [2.24, 2.45) is 0 Å². The molecule has 0 unspecified atom stereocenters. The van der Waals surface area contributed by atoms with Crippen LogP contribution in [0.2, 0.25) is 0 Å². The zero-order chi connectivity index (χ0) is 35.9. The number of para-hydroxylation sites is 1. The van der Waals surface area contributed by atoms with Crippen molar-refractivity contribution in [1.29, 1.82) is 0 Å². The van der Waals surface area contributed by atoms with Crippen LogP contribution < -0.4 is 16.3 Å². The Morgan fingerprint density at radius 2 is 0.927 bits per heavy atom. The molecule has 1 spiro atoms. The molecule has 3 aliphatic carbocycles. The van der Waals surface area contributed by atoms with Gasteiger partial charge in [0.25, 0.3) is 11.1 Å². The second-order valence-corrected chi connectivity index (χ2v) is 15.7. The van der Waals surface area contributed by atoms with Gasteiger partial charge in [-0.2, -0.15) is 0 Å². The summed E-state index contributed by atoms with van der Waals surface area (Å²) >= 11 is 0. The summed E-state index contributed by atoms with van der Waals surface area (Å²) in [6, 6.07) is 49.6. The summed E-state index contributed by atoms with van der Waals surface area (Å²) in [5.74, 6) is 0. The molecule has 0 radical (unpaired) electrons. The third-order valence-corrected chi connectivity index (χ3v) is 13.5. The van der Waals surface area contributed by atoms with Gasteiger partial charge in [0, 0.05) is 37.5 Å². The van der Waals surface area contributed by atoms with Crippen LogP contribution in [0, 0.1) is 0 Å². The highest BCUT2D eigenvalue weighted by molar-refractivity contribution is 6.21. The summed E-state index contributed by atoms with van der Waals surface area (Å²) in [6.07, 6.45) is 4.14. The van der Waals surface area contributed by atoms with E-state index in [1.807, 2.05) is 45.2 Å². The van der Waals surface area contributed by atoms with Crippen molar-refractivity contribution < 1.29 is 0 Å². The van der Waals surface area contributed by atoms with Gasteiger partial charge in [-0.05, 0) is 110 Å². The Hall–Kier alpha value is -7.04. The predicted octanol–water partition coefficient (Wildman–Crippen LogP) is 9.91. The van der Waals surface area contributed by atoms with Crippen molar-refractivity contribution >= 4 is 71.2 Å². The fourth-order valence-corrected chi connectivity index (χ4v) is 11.5. The topological polar surface area (TPSA) is 43.0 Å². The van der Waals surface area contributed by atoms with Crippen molar-refractivity contribution in [2.45, 2.75) is 18.3 Å². The van der Waals surface area contributed by atoms with Gasteiger partial charge in [-0.3, -0.25) is 18.4 Å². The zero-order valence-corrected chi connectivity index (χ0v) is 29.5. The van der Waals surface area contributed by atoms with Crippen LogP contribution in [0.25, 0.3) is 93.5 Å². The molecule has 0 aliphatic heterocycles. The van der Waals surface area contributed by atoms with Gasteiger partial charge in [0.15, 0.2) is 0 Å². The number of aryl methyl sites for hydroxylation is 1. The molecule has 0 bridgehead atoms. The van der Waals surface area contributed by atoms with E-state index in [9.17, 15) is 9.59 Å². The number of fused-ring (bicyclic) bond motifs is 20.